The van der Waals surface area contributed by atoms with E-state index in [-0.39, 0.29) is 12.6 Å². The van der Waals surface area contributed by atoms with E-state index in [2.05, 4.69) is 0 Å². The molecule has 0 N–H and O–H groups in total. The number of aryl methyl sites for hydroxylation is 1. The quantitative estimate of drug-likeness (QED) is 0.789. The Morgan fingerprint density at radius 2 is 1.95 bits per heavy atom. The summed E-state index contributed by atoms with van der Waals surface area (Å²) in [6.07, 6.45) is 0.375. The van der Waals surface area contributed by atoms with E-state index >= 15 is 0 Å². The van der Waals surface area contributed by atoms with Crippen molar-refractivity contribution in [1.82, 2.24) is 0 Å². The molecule has 1 heterocycles. The number of Topliss-reactive ketones (excluding diaryl/α,β-unsaturated/α-hetero) is 1. The maximum Gasteiger partial charge on any atom is 0.231 e. The third-order valence-corrected chi connectivity index (χ3v) is 3.14. The van der Waals surface area contributed by atoms with Crippen LogP contribution in [0.3, 0.4) is 0 Å². The summed E-state index contributed by atoms with van der Waals surface area (Å²) in [6, 6.07) is 13.3. The zero-order valence-corrected chi connectivity index (χ0v) is 10.7. The molecule has 3 heteroatoms. The lowest BCUT2D eigenvalue weighted by Gasteiger charge is -2.04. The molecule has 1 aliphatic heterocycles. The normalized spacial score (nSPS) is 12.5. The number of carbonyl (C=O) groups excluding carboxylic acids is 1. The Balaban J connectivity index is 1.80. The van der Waals surface area contributed by atoms with Crippen LogP contribution in [0.15, 0.2) is 42.5 Å². The molecule has 1 aliphatic rings. The molecular weight excluding hydrogens is 240 g/mol. The minimum absolute atomic E-state index is 0.113. The van der Waals surface area contributed by atoms with Crippen LogP contribution in [0, 0.1) is 6.92 Å². The second-order valence-corrected chi connectivity index (χ2v) is 4.66. The first kappa shape index (κ1) is 11.8. The Morgan fingerprint density at radius 3 is 2.79 bits per heavy atom. The van der Waals surface area contributed by atoms with Gasteiger partial charge in [0.15, 0.2) is 17.3 Å². The lowest BCUT2D eigenvalue weighted by molar-refractivity contribution is 0.0993. The lowest BCUT2D eigenvalue weighted by atomic mass is 10.0. The van der Waals surface area contributed by atoms with Crippen molar-refractivity contribution in [2.24, 2.45) is 0 Å². The molecule has 0 atom stereocenters. The van der Waals surface area contributed by atoms with E-state index in [4.69, 9.17) is 9.47 Å². The van der Waals surface area contributed by atoms with Crippen LogP contribution >= 0.6 is 0 Å². The van der Waals surface area contributed by atoms with Crippen molar-refractivity contribution < 1.29 is 14.3 Å². The highest BCUT2D eigenvalue weighted by molar-refractivity contribution is 5.97. The summed E-state index contributed by atoms with van der Waals surface area (Å²) < 4.78 is 10.6. The first-order chi connectivity index (χ1) is 9.22. The van der Waals surface area contributed by atoms with Gasteiger partial charge in [-0.3, -0.25) is 4.79 Å². The van der Waals surface area contributed by atoms with Gasteiger partial charge in [0.05, 0.1) is 0 Å². The fraction of sp³-hybridized carbons (Fsp3) is 0.188. The minimum atomic E-state index is 0.113. The van der Waals surface area contributed by atoms with Crippen molar-refractivity contribution in [1.29, 1.82) is 0 Å². The monoisotopic (exact) mass is 254 g/mol. The van der Waals surface area contributed by atoms with Gasteiger partial charge in [0.25, 0.3) is 0 Å². The van der Waals surface area contributed by atoms with Crippen LogP contribution < -0.4 is 9.47 Å². The van der Waals surface area contributed by atoms with Gasteiger partial charge in [0.2, 0.25) is 6.79 Å². The number of rotatable bonds is 3. The molecule has 0 unspecified atom stereocenters. The Bertz CT molecular complexity index is 632. The highest BCUT2D eigenvalue weighted by Crippen LogP contribution is 2.32. The third-order valence-electron chi connectivity index (χ3n) is 3.14. The molecule has 2 aromatic rings. The van der Waals surface area contributed by atoms with Crippen molar-refractivity contribution in [2.45, 2.75) is 13.3 Å². The molecule has 0 amide bonds. The topological polar surface area (TPSA) is 35.5 Å². The fourth-order valence-electron chi connectivity index (χ4n) is 2.16. The van der Waals surface area contributed by atoms with Gasteiger partial charge in [-0.05, 0) is 30.7 Å². The number of ether oxygens (including phenoxy) is 2. The maximum absolute atomic E-state index is 12.2. The highest BCUT2D eigenvalue weighted by Gasteiger charge is 2.15. The van der Waals surface area contributed by atoms with Crippen LogP contribution in [0.4, 0.5) is 0 Å². The van der Waals surface area contributed by atoms with E-state index in [1.807, 2.05) is 49.4 Å². The van der Waals surface area contributed by atoms with Gasteiger partial charge in [-0.1, -0.05) is 29.8 Å². The van der Waals surface area contributed by atoms with Gasteiger partial charge in [0, 0.05) is 12.0 Å². The lowest BCUT2D eigenvalue weighted by Crippen LogP contribution is -2.03. The van der Waals surface area contributed by atoms with Gasteiger partial charge in [-0.2, -0.15) is 0 Å². The Kier molecular flexibility index (Phi) is 2.95. The van der Waals surface area contributed by atoms with Crippen molar-refractivity contribution in [3.05, 3.63) is 59.2 Å². The summed E-state index contributed by atoms with van der Waals surface area (Å²) in [7, 11) is 0. The van der Waals surface area contributed by atoms with Gasteiger partial charge in [-0.15, -0.1) is 0 Å². The zero-order valence-electron chi connectivity index (χ0n) is 10.7. The Labute approximate surface area is 111 Å². The van der Waals surface area contributed by atoms with Crippen LogP contribution in [0.2, 0.25) is 0 Å². The zero-order chi connectivity index (χ0) is 13.2. The van der Waals surface area contributed by atoms with E-state index < -0.39 is 0 Å². The molecule has 3 rings (SSSR count). The molecule has 0 fully saturated rings. The molecule has 0 spiro atoms. The van der Waals surface area contributed by atoms with Gasteiger partial charge < -0.3 is 9.47 Å². The number of ketones is 1. The van der Waals surface area contributed by atoms with Crippen LogP contribution in [-0.2, 0) is 6.42 Å². The van der Waals surface area contributed by atoms with E-state index in [0.29, 0.717) is 6.42 Å². The van der Waals surface area contributed by atoms with Crippen LogP contribution in [-0.4, -0.2) is 12.6 Å². The van der Waals surface area contributed by atoms with E-state index in [1.54, 1.807) is 0 Å². The minimum Gasteiger partial charge on any atom is -0.454 e. The molecule has 0 bridgehead atoms. The predicted octanol–water partition coefficient (Wildman–Crippen LogP) is 3.15. The summed E-state index contributed by atoms with van der Waals surface area (Å²) >= 11 is 0. The van der Waals surface area contributed by atoms with Crippen LogP contribution in [0.25, 0.3) is 0 Å². The number of benzene rings is 2. The van der Waals surface area contributed by atoms with E-state index in [0.717, 1.165) is 28.2 Å². The molecule has 3 nitrogen and oxygen atoms in total. The van der Waals surface area contributed by atoms with E-state index in [9.17, 15) is 4.79 Å². The Hall–Kier alpha value is -2.29. The molecule has 96 valence electrons. The van der Waals surface area contributed by atoms with Crippen LogP contribution in [0.5, 0.6) is 11.5 Å². The van der Waals surface area contributed by atoms with Crippen molar-refractivity contribution >= 4 is 5.78 Å². The highest BCUT2D eigenvalue weighted by atomic mass is 16.7. The standard InChI is InChI=1S/C16H14O3/c1-11-3-2-4-13(7-11)14(17)8-12-5-6-15-16(9-12)19-10-18-15/h2-7,9H,8,10H2,1H3. The molecule has 0 aromatic heterocycles. The van der Waals surface area contributed by atoms with Gasteiger partial charge >= 0.3 is 0 Å². The summed E-state index contributed by atoms with van der Waals surface area (Å²) in [5.41, 5.74) is 2.78. The first-order valence-corrected chi connectivity index (χ1v) is 6.21. The van der Waals surface area contributed by atoms with Crippen molar-refractivity contribution in [3.63, 3.8) is 0 Å². The number of hydrogen-bond acceptors (Lipinski definition) is 3. The molecule has 0 radical (unpaired) electrons. The molecule has 0 saturated heterocycles. The number of fused-ring (bicyclic) bond motifs is 1. The SMILES string of the molecule is Cc1cccc(C(=O)Cc2ccc3c(c2)OCO3)c1. The van der Waals surface area contributed by atoms with E-state index in [1.165, 1.54) is 0 Å². The summed E-state index contributed by atoms with van der Waals surface area (Å²) in [5, 5.41) is 0. The van der Waals surface area contributed by atoms with Gasteiger partial charge in [0.1, 0.15) is 0 Å². The maximum atomic E-state index is 12.2. The predicted molar refractivity (Wildman–Crippen MR) is 71.8 cm³/mol. The second kappa shape index (κ2) is 4.76. The average molecular weight is 254 g/mol. The number of hydrogen-bond donors (Lipinski definition) is 0. The molecular formula is C16H14O3. The summed E-state index contributed by atoms with van der Waals surface area (Å²) in [6.45, 7) is 2.24. The first-order valence-electron chi connectivity index (χ1n) is 6.21. The van der Waals surface area contributed by atoms with Crippen LogP contribution in [0.1, 0.15) is 21.5 Å². The van der Waals surface area contributed by atoms with Gasteiger partial charge in [-0.25, -0.2) is 0 Å². The molecule has 0 saturated carbocycles. The summed E-state index contributed by atoms with van der Waals surface area (Å²) in [5.74, 6) is 1.57. The molecule has 0 aliphatic carbocycles. The molecule has 19 heavy (non-hydrogen) atoms. The second-order valence-electron chi connectivity index (χ2n) is 4.66. The largest absolute Gasteiger partial charge is 0.454 e. The van der Waals surface area contributed by atoms with Crippen molar-refractivity contribution in [2.75, 3.05) is 6.79 Å². The van der Waals surface area contributed by atoms with Crippen molar-refractivity contribution in [3.8, 4) is 11.5 Å². The average Bonchev–Trinajstić information content (AvgIpc) is 2.86. The Morgan fingerprint density at radius 1 is 1.11 bits per heavy atom. The third kappa shape index (κ3) is 2.45. The smallest absolute Gasteiger partial charge is 0.231 e. The number of carbonyl (C=O) groups is 1. The summed E-state index contributed by atoms with van der Waals surface area (Å²) in [4.78, 5) is 12.2. The molecule has 2 aromatic carbocycles. The fourth-order valence-corrected chi connectivity index (χ4v) is 2.16.